The van der Waals surface area contributed by atoms with E-state index < -0.39 is 0 Å². The standard InChI is InChI=1S/C14H24N6O.HI/c1-15-14(16-8-13(21)18(2)3)20-6-5-11(10-20)12-7-17-19(4)9-12;/h7,9,11H,5-6,8,10H2,1-4H3,(H,15,16);1H. The van der Waals surface area contributed by atoms with Crippen LogP contribution in [0.3, 0.4) is 0 Å². The molecule has 1 fully saturated rings. The summed E-state index contributed by atoms with van der Waals surface area (Å²) in [6.45, 7) is 2.12. The molecule has 1 unspecified atom stereocenters. The summed E-state index contributed by atoms with van der Waals surface area (Å²) < 4.78 is 1.83. The van der Waals surface area contributed by atoms with Gasteiger partial charge in [0, 0.05) is 53.4 Å². The van der Waals surface area contributed by atoms with Gasteiger partial charge >= 0.3 is 0 Å². The minimum absolute atomic E-state index is 0. The maximum Gasteiger partial charge on any atom is 0.241 e. The van der Waals surface area contributed by atoms with Gasteiger partial charge in [-0.3, -0.25) is 14.5 Å². The van der Waals surface area contributed by atoms with Gasteiger partial charge in [0.1, 0.15) is 0 Å². The average Bonchev–Trinajstić information content (AvgIpc) is 3.08. The third kappa shape index (κ3) is 4.59. The Morgan fingerprint density at radius 2 is 2.27 bits per heavy atom. The Balaban J connectivity index is 0.00000242. The fourth-order valence-corrected chi connectivity index (χ4v) is 2.52. The number of nitrogens with one attached hydrogen (secondary N) is 1. The smallest absolute Gasteiger partial charge is 0.241 e. The van der Waals surface area contributed by atoms with E-state index in [1.165, 1.54) is 5.56 Å². The Hall–Kier alpha value is -1.32. The van der Waals surface area contributed by atoms with E-state index >= 15 is 0 Å². The summed E-state index contributed by atoms with van der Waals surface area (Å²) in [6.07, 6.45) is 5.08. The van der Waals surface area contributed by atoms with Crippen molar-refractivity contribution in [3.63, 3.8) is 0 Å². The van der Waals surface area contributed by atoms with E-state index in [0.717, 1.165) is 25.5 Å². The summed E-state index contributed by atoms with van der Waals surface area (Å²) in [5.74, 6) is 1.30. The number of carbonyl (C=O) groups is 1. The molecule has 0 saturated carbocycles. The number of hydrogen-bond donors (Lipinski definition) is 1. The van der Waals surface area contributed by atoms with E-state index in [4.69, 9.17) is 0 Å². The lowest BCUT2D eigenvalue weighted by Gasteiger charge is -2.22. The Labute approximate surface area is 148 Å². The van der Waals surface area contributed by atoms with Crippen LogP contribution in [0.2, 0.25) is 0 Å². The number of hydrogen-bond acceptors (Lipinski definition) is 3. The maximum absolute atomic E-state index is 11.6. The molecule has 22 heavy (non-hydrogen) atoms. The highest BCUT2D eigenvalue weighted by Crippen LogP contribution is 2.26. The minimum atomic E-state index is 0. The number of halogens is 1. The Morgan fingerprint density at radius 1 is 1.55 bits per heavy atom. The fraction of sp³-hybridized carbons (Fsp3) is 0.643. The molecule has 0 radical (unpaired) electrons. The highest BCUT2D eigenvalue weighted by molar-refractivity contribution is 14.0. The molecule has 1 aromatic rings. The molecular formula is C14H25IN6O. The van der Waals surface area contributed by atoms with Crippen LogP contribution in [0.25, 0.3) is 0 Å². The van der Waals surface area contributed by atoms with E-state index in [-0.39, 0.29) is 36.4 Å². The summed E-state index contributed by atoms with van der Waals surface area (Å²) in [6, 6.07) is 0. The molecule has 0 aliphatic carbocycles. The zero-order valence-electron chi connectivity index (χ0n) is 13.6. The molecule has 1 aliphatic heterocycles. The lowest BCUT2D eigenvalue weighted by atomic mass is 10.0. The third-order valence-corrected chi connectivity index (χ3v) is 3.79. The molecule has 0 bridgehead atoms. The molecule has 1 N–H and O–H groups in total. The van der Waals surface area contributed by atoms with Gasteiger partial charge in [-0.05, 0) is 12.0 Å². The first-order chi connectivity index (χ1) is 10.0. The summed E-state index contributed by atoms with van der Waals surface area (Å²) in [7, 11) is 7.19. The number of amides is 1. The number of likely N-dealkylation sites (tertiary alicyclic amines) is 1. The van der Waals surface area contributed by atoms with Crippen molar-refractivity contribution in [2.24, 2.45) is 12.0 Å². The second-order valence-electron chi connectivity index (χ2n) is 5.57. The lowest BCUT2D eigenvalue weighted by molar-refractivity contribution is -0.127. The largest absolute Gasteiger partial charge is 0.347 e. The van der Waals surface area contributed by atoms with Gasteiger partial charge in [0.05, 0.1) is 12.7 Å². The van der Waals surface area contributed by atoms with Crippen molar-refractivity contribution >= 4 is 35.8 Å². The molecule has 124 valence electrons. The summed E-state index contributed by atoms with van der Waals surface area (Å²) in [5, 5.41) is 7.37. The van der Waals surface area contributed by atoms with Crippen LogP contribution in [0.1, 0.15) is 17.9 Å². The highest BCUT2D eigenvalue weighted by Gasteiger charge is 2.27. The van der Waals surface area contributed by atoms with Gasteiger partial charge < -0.3 is 15.1 Å². The summed E-state index contributed by atoms with van der Waals surface area (Å²) in [4.78, 5) is 19.7. The van der Waals surface area contributed by atoms with E-state index in [1.54, 1.807) is 26.0 Å². The molecule has 1 aromatic heterocycles. The SMILES string of the molecule is CN=C(NCC(=O)N(C)C)N1CCC(c2cnn(C)c2)C1.I. The Bertz CT molecular complexity index is 527. The van der Waals surface area contributed by atoms with Crippen molar-refractivity contribution in [1.29, 1.82) is 0 Å². The van der Waals surface area contributed by atoms with Gasteiger partial charge in [0.2, 0.25) is 5.91 Å². The van der Waals surface area contributed by atoms with Crippen LogP contribution in [-0.2, 0) is 11.8 Å². The molecule has 0 aromatic carbocycles. The second-order valence-corrected chi connectivity index (χ2v) is 5.57. The highest BCUT2D eigenvalue weighted by atomic mass is 127. The summed E-state index contributed by atoms with van der Waals surface area (Å²) >= 11 is 0. The maximum atomic E-state index is 11.6. The van der Waals surface area contributed by atoms with Gasteiger partial charge in [-0.2, -0.15) is 5.10 Å². The van der Waals surface area contributed by atoms with Crippen LogP contribution in [0.4, 0.5) is 0 Å². The number of nitrogens with zero attached hydrogens (tertiary/aromatic N) is 5. The number of aromatic nitrogens is 2. The van der Waals surface area contributed by atoms with Crippen molar-refractivity contribution in [3.05, 3.63) is 18.0 Å². The molecule has 1 aliphatic rings. The van der Waals surface area contributed by atoms with Crippen LogP contribution in [-0.4, -0.2) is 72.2 Å². The molecule has 8 heteroatoms. The Kier molecular flexibility index (Phi) is 7.11. The topological polar surface area (TPSA) is 65.8 Å². The van der Waals surface area contributed by atoms with Crippen molar-refractivity contribution in [1.82, 2.24) is 24.9 Å². The predicted molar refractivity (Wildman–Crippen MR) is 97.6 cm³/mol. The van der Waals surface area contributed by atoms with Crippen molar-refractivity contribution in [2.45, 2.75) is 12.3 Å². The van der Waals surface area contributed by atoms with E-state index in [9.17, 15) is 4.79 Å². The van der Waals surface area contributed by atoms with E-state index in [2.05, 4.69) is 26.5 Å². The molecule has 1 atom stereocenters. The van der Waals surface area contributed by atoms with Crippen LogP contribution >= 0.6 is 24.0 Å². The zero-order chi connectivity index (χ0) is 15.4. The first-order valence-corrected chi connectivity index (χ1v) is 7.15. The number of aryl methyl sites for hydroxylation is 1. The molecule has 0 spiro atoms. The number of guanidine groups is 1. The normalized spacial score (nSPS) is 18.1. The first-order valence-electron chi connectivity index (χ1n) is 7.15. The molecular weight excluding hydrogens is 395 g/mol. The molecule has 1 saturated heterocycles. The predicted octanol–water partition coefficient (Wildman–Crippen LogP) is 0.491. The minimum Gasteiger partial charge on any atom is -0.347 e. The average molecular weight is 420 g/mol. The van der Waals surface area contributed by atoms with Crippen LogP contribution < -0.4 is 5.32 Å². The van der Waals surface area contributed by atoms with Gasteiger partial charge in [-0.15, -0.1) is 24.0 Å². The number of likely N-dealkylation sites (N-methyl/N-ethyl adjacent to an activating group) is 1. The monoisotopic (exact) mass is 420 g/mol. The summed E-state index contributed by atoms with van der Waals surface area (Å²) in [5.41, 5.74) is 1.26. The molecule has 7 nitrogen and oxygen atoms in total. The van der Waals surface area contributed by atoms with Gasteiger partial charge in [0.25, 0.3) is 0 Å². The van der Waals surface area contributed by atoms with Crippen LogP contribution in [0, 0.1) is 0 Å². The Morgan fingerprint density at radius 3 is 2.82 bits per heavy atom. The fourth-order valence-electron chi connectivity index (χ4n) is 2.52. The van der Waals surface area contributed by atoms with Crippen molar-refractivity contribution < 1.29 is 4.79 Å². The third-order valence-electron chi connectivity index (χ3n) is 3.79. The van der Waals surface area contributed by atoms with Gasteiger partial charge in [-0.25, -0.2) is 0 Å². The second kappa shape index (κ2) is 8.35. The lowest BCUT2D eigenvalue weighted by Crippen LogP contribution is -2.44. The van der Waals surface area contributed by atoms with Crippen LogP contribution in [0.15, 0.2) is 17.4 Å². The molecule has 2 rings (SSSR count). The first kappa shape index (κ1) is 18.7. The molecule has 1 amide bonds. The molecule has 2 heterocycles. The van der Waals surface area contributed by atoms with E-state index in [0.29, 0.717) is 5.92 Å². The van der Waals surface area contributed by atoms with Crippen molar-refractivity contribution in [3.8, 4) is 0 Å². The van der Waals surface area contributed by atoms with E-state index in [1.807, 2.05) is 17.9 Å². The zero-order valence-corrected chi connectivity index (χ0v) is 15.9. The van der Waals surface area contributed by atoms with Gasteiger partial charge in [0.15, 0.2) is 5.96 Å². The number of aliphatic imine (C=N–C) groups is 1. The van der Waals surface area contributed by atoms with Gasteiger partial charge in [-0.1, -0.05) is 0 Å². The quantitative estimate of drug-likeness (QED) is 0.439. The van der Waals surface area contributed by atoms with Crippen molar-refractivity contribution in [2.75, 3.05) is 40.8 Å². The van der Waals surface area contributed by atoms with Crippen LogP contribution in [0.5, 0.6) is 0 Å². The number of rotatable bonds is 3. The number of carbonyl (C=O) groups excluding carboxylic acids is 1.